The Kier molecular flexibility index (Phi) is 5.62. The number of hydrogen-bond acceptors (Lipinski definition) is 5. The van der Waals surface area contributed by atoms with Crippen LogP contribution >= 0.6 is 0 Å². The molecule has 2 amide bonds. The zero-order chi connectivity index (χ0) is 21.3. The van der Waals surface area contributed by atoms with E-state index in [1.807, 2.05) is 0 Å². The van der Waals surface area contributed by atoms with Crippen LogP contribution < -0.4 is 4.90 Å². The molecule has 1 aromatic carbocycles. The normalized spacial score (nSPS) is 16.4. The molecule has 1 fully saturated rings. The fraction of sp³-hybridized carbons (Fsp3) is 0.438. The minimum atomic E-state index is -5.05. The summed E-state index contributed by atoms with van der Waals surface area (Å²) in [5.74, 6) is -5.35. The molecule has 0 radical (unpaired) electrons. The van der Waals surface area contributed by atoms with Crippen LogP contribution in [0.5, 0.6) is 0 Å². The highest BCUT2D eigenvalue weighted by atomic mass is 19.4. The van der Waals surface area contributed by atoms with Crippen LogP contribution in [0.25, 0.3) is 0 Å². The quantitative estimate of drug-likeness (QED) is 0.468. The second-order valence-electron chi connectivity index (χ2n) is 6.48. The van der Waals surface area contributed by atoms with Crippen molar-refractivity contribution < 1.29 is 37.6 Å². The van der Waals surface area contributed by atoms with E-state index in [2.05, 4.69) is 0 Å². The number of hydrogen-bond donors (Lipinski definition) is 1. The van der Waals surface area contributed by atoms with Crippen LogP contribution in [-0.2, 0) is 14.4 Å². The lowest BCUT2D eigenvalue weighted by atomic mass is 9.86. The van der Waals surface area contributed by atoms with Crippen molar-refractivity contribution in [2.75, 3.05) is 18.0 Å². The van der Waals surface area contributed by atoms with Gasteiger partial charge in [-0.05, 0) is 25.8 Å². The summed E-state index contributed by atoms with van der Waals surface area (Å²) >= 11 is 0. The molecule has 0 bridgehead atoms. The number of piperidine rings is 1. The summed E-state index contributed by atoms with van der Waals surface area (Å²) in [5.41, 5.74) is -2.14. The first-order valence-electron chi connectivity index (χ1n) is 8.05. The third-order valence-electron chi connectivity index (χ3n) is 4.62. The van der Waals surface area contributed by atoms with Crippen molar-refractivity contribution in [3.05, 3.63) is 34.4 Å². The average Bonchev–Trinajstić information content (AvgIpc) is 2.61. The van der Waals surface area contributed by atoms with Gasteiger partial charge in [0.25, 0.3) is 5.69 Å². The molecule has 0 spiro atoms. The van der Waals surface area contributed by atoms with Gasteiger partial charge in [-0.3, -0.25) is 24.6 Å². The molecular formula is C16H16F3N3O6. The molecule has 0 saturated carbocycles. The van der Waals surface area contributed by atoms with Gasteiger partial charge in [0.15, 0.2) is 0 Å². The Hall–Kier alpha value is -3.18. The molecule has 12 heteroatoms. The summed E-state index contributed by atoms with van der Waals surface area (Å²) in [6, 6.07) is 4.98. The third kappa shape index (κ3) is 4.05. The first kappa shape index (κ1) is 21.1. The third-order valence-corrected chi connectivity index (χ3v) is 4.62. The molecule has 1 heterocycles. The smallest absolute Gasteiger partial charge is 0.471 e. The molecule has 152 valence electrons. The summed E-state index contributed by atoms with van der Waals surface area (Å²) in [4.78, 5) is 46.8. The van der Waals surface area contributed by atoms with E-state index in [1.54, 1.807) is 0 Å². The molecule has 9 nitrogen and oxygen atoms in total. The molecular weight excluding hydrogens is 387 g/mol. The Balaban J connectivity index is 2.41. The fourth-order valence-electron chi connectivity index (χ4n) is 3.14. The minimum absolute atomic E-state index is 0.195. The van der Waals surface area contributed by atoms with Crippen LogP contribution in [0.4, 0.5) is 24.5 Å². The van der Waals surface area contributed by atoms with Crippen LogP contribution in [0, 0.1) is 10.1 Å². The zero-order valence-electron chi connectivity index (χ0n) is 14.6. The van der Waals surface area contributed by atoms with Crippen LogP contribution in [0.15, 0.2) is 24.3 Å². The molecule has 1 aliphatic rings. The molecule has 0 aromatic heterocycles. The maximum Gasteiger partial charge on any atom is 0.471 e. The highest BCUT2D eigenvalue weighted by Crippen LogP contribution is 2.38. The summed E-state index contributed by atoms with van der Waals surface area (Å²) < 4.78 is 37.9. The summed E-state index contributed by atoms with van der Waals surface area (Å²) in [7, 11) is 0. The van der Waals surface area contributed by atoms with Crippen LogP contribution in [0.2, 0.25) is 0 Å². The van der Waals surface area contributed by atoms with Crippen molar-refractivity contribution in [1.82, 2.24) is 4.90 Å². The molecule has 1 aliphatic heterocycles. The van der Waals surface area contributed by atoms with Gasteiger partial charge in [-0.15, -0.1) is 0 Å². The van der Waals surface area contributed by atoms with Gasteiger partial charge in [0, 0.05) is 24.7 Å². The largest absolute Gasteiger partial charge is 0.474 e. The van der Waals surface area contributed by atoms with Gasteiger partial charge in [0.2, 0.25) is 0 Å². The van der Waals surface area contributed by atoms with Crippen molar-refractivity contribution in [3.8, 4) is 0 Å². The van der Waals surface area contributed by atoms with Gasteiger partial charge in [-0.2, -0.15) is 13.2 Å². The second kappa shape index (κ2) is 7.44. The van der Waals surface area contributed by atoms with Crippen molar-refractivity contribution in [2.45, 2.75) is 31.5 Å². The van der Waals surface area contributed by atoms with E-state index in [4.69, 9.17) is 5.11 Å². The SMILES string of the molecule is CC1(N(C(=O)C(=O)O)c2ccccc2[N+](=O)[O-])CCN(C(=O)C(F)(F)F)CC1. The minimum Gasteiger partial charge on any atom is -0.474 e. The summed E-state index contributed by atoms with van der Waals surface area (Å²) in [6.45, 7) is 0.637. The maximum absolute atomic E-state index is 12.6. The number of carbonyl (C=O) groups is 3. The maximum atomic E-state index is 12.6. The lowest BCUT2D eigenvalue weighted by Crippen LogP contribution is -2.59. The predicted octanol–water partition coefficient (Wildman–Crippen LogP) is 1.96. The van der Waals surface area contributed by atoms with Crippen molar-refractivity contribution in [2.24, 2.45) is 0 Å². The van der Waals surface area contributed by atoms with E-state index in [-0.39, 0.29) is 18.5 Å². The Morgan fingerprint density at radius 1 is 1.21 bits per heavy atom. The number of rotatable bonds is 3. The molecule has 1 saturated heterocycles. The van der Waals surface area contributed by atoms with Crippen molar-refractivity contribution in [1.29, 1.82) is 0 Å². The Morgan fingerprint density at radius 2 is 1.75 bits per heavy atom. The van der Waals surface area contributed by atoms with Crippen LogP contribution in [0.3, 0.4) is 0 Å². The number of halogens is 3. The first-order valence-corrected chi connectivity index (χ1v) is 8.05. The molecule has 0 unspecified atom stereocenters. The number of nitro groups is 1. The Morgan fingerprint density at radius 3 is 2.21 bits per heavy atom. The fourth-order valence-corrected chi connectivity index (χ4v) is 3.14. The van der Waals surface area contributed by atoms with E-state index in [1.165, 1.54) is 25.1 Å². The molecule has 0 atom stereocenters. The van der Waals surface area contributed by atoms with Gasteiger partial charge in [-0.25, -0.2) is 4.79 Å². The van der Waals surface area contributed by atoms with E-state index in [9.17, 15) is 37.7 Å². The first-order chi connectivity index (χ1) is 12.9. The van der Waals surface area contributed by atoms with Gasteiger partial charge in [0.1, 0.15) is 5.69 Å². The molecule has 0 aliphatic carbocycles. The second-order valence-corrected chi connectivity index (χ2v) is 6.48. The van der Waals surface area contributed by atoms with Crippen LogP contribution in [0.1, 0.15) is 19.8 Å². The Labute approximate surface area is 156 Å². The van der Waals surface area contributed by atoms with E-state index in [0.29, 0.717) is 4.90 Å². The lowest BCUT2D eigenvalue weighted by Gasteiger charge is -2.45. The topological polar surface area (TPSA) is 121 Å². The zero-order valence-corrected chi connectivity index (χ0v) is 14.6. The number of carbonyl (C=O) groups excluding carboxylic acids is 2. The van der Waals surface area contributed by atoms with E-state index in [0.717, 1.165) is 11.0 Å². The number of para-hydroxylation sites is 2. The summed E-state index contributed by atoms with van der Waals surface area (Å²) in [6.07, 6.45) is -5.44. The van der Waals surface area contributed by atoms with Gasteiger partial charge in [-0.1, -0.05) is 12.1 Å². The number of benzene rings is 1. The van der Waals surface area contributed by atoms with Gasteiger partial charge < -0.3 is 10.0 Å². The number of anilines is 1. The number of likely N-dealkylation sites (tertiary alicyclic amines) is 1. The van der Waals surface area contributed by atoms with E-state index >= 15 is 0 Å². The highest BCUT2D eigenvalue weighted by molar-refractivity contribution is 6.38. The molecule has 1 N–H and O–H groups in total. The van der Waals surface area contributed by atoms with Crippen LogP contribution in [-0.4, -0.2) is 57.5 Å². The van der Waals surface area contributed by atoms with Crippen molar-refractivity contribution >= 4 is 29.2 Å². The lowest BCUT2D eigenvalue weighted by molar-refractivity contribution is -0.384. The summed E-state index contributed by atoms with van der Waals surface area (Å²) in [5, 5.41) is 20.5. The highest BCUT2D eigenvalue weighted by Gasteiger charge is 2.48. The molecule has 1 aromatic rings. The predicted molar refractivity (Wildman–Crippen MR) is 88.5 cm³/mol. The number of alkyl halides is 3. The number of carboxylic acid groups (broad SMARTS) is 1. The number of aliphatic carboxylic acids is 1. The van der Waals surface area contributed by atoms with Gasteiger partial charge >= 0.3 is 24.0 Å². The number of nitrogens with zero attached hydrogens (tertiary/aromatic N) is 3. The number of carboxylic acids is 1. The average molecular weight is 403 g/mol. The molecule has 28 heavy (non-hydrogen) atoms. The molecule has 2 rings (SSSR count). The monoisotopic (exact) mass is 403 g/mol. The Bertz CT molecular complexity index is 818. The number of nitro benzene ring substituents is 1. The number of amides is 2. The van der Waals surface area contributed by atoms with Gasteiger partial charge in [0.05, 0.1) is 4.92 Å². The van der Waals surface area contributed by atoms with E-state index < -0.39 is 53.2 Å². The van der Waals surface area contributed by atoms with Crippen molar-refractivity contribution in [3.63, 3.8) is 0 Å². The standard InChI is InChI=1S/C16H16F3N3O6/c1-15(6-8-20(9-7-15)14(26)16(17,18)19)21(12(23)13(24)25)10-4-2-3-5-11(10)22(27)28/h2-5H,6-9H2,1H3,(H,24,25).